The van der Waals surface area contributed by atoms with Crippen molar-refractivity contribution in [3.63, 3.8) is 0 Å². The molecule has 1 aliphatic carbocycles. The maximum Gasteiger partial charge on any atom is 0.357 e. The first-order valence-electron chi connectivity index (χ1n) is 6.76. The van der Waals surface area contributed by atoms with Gasteiger partial charge in [-0.3, -0.25) is 0 Å². The van der Waals surface area contributed by atoms with Crippen LogP contribution in [0.2, 0.25) is 5.15 Å². The van der Waals surface area contributed by atoms with E-state index in [0.29, 0.717) is 16.1 Å². The first-order valence-corrected chi connectivity index (χ1v) is 7.93. The van der Waals surface area contributed by atoms with Crippen molar-refractivity contribution in [2.75, 3.05) is 12.8 Å². The fourth-order valence-electron chi connectivity index (χ4n) is 2.70. The van der Waals surface area contributed by atoms with E-state index in [2.05, 4.69) is 20.9 Å². The summed E-state index contributed by atoms with van der Waals surface area (Å²) in [7, 11) is 1.32. The first kappa shape index (κ1) is 15.6. The van der Waals surface area contributed by atoms with Gasteiger partial charge < -0.3 is 10.5 Å². The molecule has 1 saturated carbocycles. The summed E-state index contributed by atoms with van der Waals surface area (Å²) in [5, 5.41) is 0.166. The van der Waals surface area contributed by atoms with E-state index in [1.54, 1.807) is 0 Å². The van der Waals surface area contributed by atoms with E-state index in [-0.39, 0.29) is 10.8 Å². The molecule has 0 radical (unpaired) electrons. The number of aromatic nitrogens is 1. The molecule has 1 aromatic heterocycles. The third kappa shape index (κ3) is 3.26. The predicted octanol–water partition coefficient (Wildman–Crippen LogP) is 3.99. The van der Waals surface area contributed by atoms with Crippen LogP contribution in [0.5, 0.6) is 0 Å². The minimum atomic E-state index is -0.510. The molecule has 2 N–H and O–H groups in total. The van der Waals surface area contributed by atoms with Gasteiger partial charge in [0.2, 0.25) is 0 Å². The van der Waals surface area contributed by atoms with Gasteiger partial charge >= 0.3 is 5.97 Å². The second-order valence-electron chi connectivity index (χ2n) is 5.16. The number of rotatable bonds is 3. The number of hydrogen-bond acceptors (Lipinski definition) is 4. The van der Waals surface area contributed by atoms with Gasteiger partial charge in [0.25, 0.3) is 0 Å². The zero-order valence-corrected chi connectivity index (χ0v) is 13.8. The molecule has 0 atom stereocenters. The lowest BCUT2D eigenvalue weighted by Crippen LogP contribution is -2.14. The highest BCUT2D eigenvalue weighted by Crippen LogP contribution is 2.36. The summed E-state index contributed by atoms with van der Waals surface area (Å²) < 4.78 is 5.33. The Labute approximate surface area is 132 Å². The maximum absolute atomic E-state index is 11.7. The Morgan fingerprint density at radius 2 is 2.10 bits per heavy atom. The summed E-state index contributed by atoms with van der Waals surface area (Å²) >= 11 is 9.48. The number of ether oxygens (including phenoxy) is 1. The van der Waals surface area contributed by atoms with Gasteiger partial charge in [0.15, 0.2) is 10.8 Å². The summed E-state index contributed by atoms with van der Waals surface area (Å²) in [6.45, 7) is 0. The number of pyridine rings is 1. The number of halogens is 2. The number of nitrogen functional groups attached to an aromatic ring is 1. The smallest absolute Gasteiger partial charge is 0.357 e. The molecule has 110 valence electrons. The molecular weight excluding hydrogens is 344 g/mol. The minimum Gasteiger partial charge on any atom is -0.464 e. The summed E-state index contributed by atoms with van der Waals surface area (Å²) in [5.41, 5.74) is 7.55. The lowest BCUT2D eigenvalue weighted by atomic mass is 9.84. The topological polar surface area (TPSA) is 65.2 Å². The van der Waals surface area contributed by atoms with Gasteiger partial charge in [-0.05, 0) is 33.8 Å². The molecule has 0 aliphatic heterocycles. The molecule has 6 heteroatoms. The van der Waals surface area contributed by atoms with Crippen LogP contribution in [-0.4, -0.2) is 18.1 Å². The van der Waals surface area contributed by atoms with Crippen LogP contribution in [0.25, 0.3) is 0 Å². The van der Waals surface area contributed by atoms with Gasteiger partial charge in [-0.1, -0.05) is 43.7 Å². The van der Waals surface area contributed by atoms with Crippen LogP contribution >= 0.6 is 27.5 Å². The highest BCUT2D eigenvalue weighted by atomic mass is 79.9. The molecule has 0 aromatic carbocycles. The van der Waals surface area contributed by atoms with Gasteiger partial charge in [0, 0.05) is 0 Å². The van der Waals surface area contributed by atoms with E-state index >= 15 is 0 Å². The largest absolute Gasteiger partial charge is 0.464 e. The van der Waals surface area contributed by atoms with E-state index in [4.69, 9.17) is 22.1 Å². The summed E-state index contributed by atoms with van der Waals surface area (Å²) in [6, 6.07) is 0. The maximum atomic E-state index is 11.7. The van der Waals surface area contributed by atoms with E-state index < -0.39 is 5.97 Å². The molecule has 0 spiro atoms. The van der Waals surface area contributed by atoms with Crippen LogP contribution in [0.15, 0.2) is 4.47 Å². The fourth-order valence-corrected chi connectivity index (χ4v) is 3.53. The molecular formula is C14H18BrClN2O2. The average molecular weight is 362 g/mol. The number of carbonyl (C=O) groups excluding carboxylic acids is 1. The normalized spacial score (nSPS) is 16.1. The van der Waals surface area contributed by atoms with Crippen molar-refractivity contribution in [2.24, 2.45) is 5.92 Å². The second-order valence-corrected chi connectivity index (χ2v) is 6.31. The number of esters is 1. The van der Waals surface area contributed by atoms with Crippen molar-refractivity contribution >= 4 is 39.2 Å². The van der Waals surface area contributed by atoms with Gasteiger partial charge in [0.05, 0.1) is 17.3 Å². The van der Waals surface area contributed by atoms with Gasteiger partial charge in [-0.15, -0.1) is 0 Å². The Morgan fingerprint density at radius 1 is 1.45 bits per heavy atom. The monoisotopic (exact) mass is 360 g/mol. The predicted molar refractivity (Wildman–Crippen MR) is 83.0 cm³/mol. The molecule has 0 unspecified atom stereocenters. The van der Waals surface area contributed by atoms with Gasteiger partial charge in [-0.2, -0.15) is 0 Å². The summed E-state index contributed by atoms with van der Waals surface area (Å²) in [5.74, 6) is 0.0787. The van der Waals surface area contributed by atoms with Crippen molar-refractivity contribution in [1.82, 2.24) is 4.98 Å². The summed E-state index contributed by atoms with van der Waals surface area (Å²) in [4.78, 5) is 15.7. The quantitative estimate of drug-likeness (QED) is 0.653. The third-order valence-corrected chi connectivity index (χ3v) is 4.97. The molecule has 0 amide bonds. The molecule has 1 aromatic rings. The lowest BCUT2D eigenvalue weighted by molar-refractivity contribution is 0.0592. The zero-order chi connectivity index (χ0) is 14.7. The van der Waals surface area contributed by atoms with Crippen LogP contribution < -0.4 is 5.73 Å². The Hall–Kier alpha value is -0.810. The molecule has 4 nitrogen and oxygen atoms in total. The number of nitrogens with two attached hydrogens (primary N) is 1. The van der Waals surface area contributed by atoms with Crippen LogP contribution in [0.3, 0.4) is 0 Å². The van der Waals surface area contributed by atoms with Crippen molar-refractivity contribution in [2.45, 2.75) is 38.5 Å². The highest BCUT2D eigenvalue weighted by molar-refractivity contribution is 9.10. The minimum absolute atomic E-state index is 0.166. The molecule has 2 rings (SSSR count). The lowest BCUT2D eigenvalue weighted by Gasteiger charge is -2.23. The van der Waals surface area contributed by atoms with E-state index in [0.717, 1.165) is 12.0 Å². The standard InChI is InChI=1S/C14H18BrClN2O2/c1-20-14(19)12-10(15)9(11(17)13(16)18-12)7-8-5-3-2-4-6-8/h8H,2-7,17H2,1H3. The fraction of sp³-hybridized carbons (Fsp3) is 0.571. The number of methoxy groups -OCH3 is 1. The van der Waals surface area contributed by atoms with E-state index in [1.807, 2.05) is 0 Å². The SMILES string of the molecule is COC(=O)c1nc(Cl)c(N)c(CC2CCCCC2)c1Br. The van der Waals surface area contributed by atoms with Gasteiger partial charge in [-0.25, -0.2) is 9.78 Å². The second kappa shape index (κ2) is 6.76. The molecule has 1 aliphatic rings. The number of nitrogens with zero attached hydrogens (tertiary/aromatic N) is 1. The average Bonchev–Trinajstić information content (AvgIpc) is 2.47. The van der Waals surface area contributed by atoms with E-state index in [9.17, 15) is 4.79 Å². The Morgan fingerprint density at radius 3 is 2.70 bits per heavy atom. The molecule has 20 heavy (non-hydrogen) atoms. The van der Waals surface area contributed by atoms with Crippen molar-refractivity contribution in [1.29, 1.82) is 0 Å². The van der Waals surface area contributed by atoms with Crippen LogP contribution in [0, 0.1) is 5.92 Å². The van der Waals surface area contributed by atoms with Crippen molar-refractivity contribution in [3.8, 4) is 0 Å². The van der Waals surface area contributed by atoms with Crippen LogP contribution in [0.1, 0.15) is 48.2 Å². The van der Waals surface area contributed by atoms with Crippen LogP contribution in [0.4, 0.5) is 5.69 Å². The number of anilines is 1. The Balaban J connectivity index is 2.34. The van der Waals surface area contributed by atoms with Crippen molar-refractivity contribution in [3.05, 3.63) is 20.9 Å². The third-order valence-electron chi connectivity index (χ3n) is 3.83. The zero-order valence-electron chi connectivity index (χ0n) is 11.4. The van der Waals surface area contributed by atoms with E-state index in [1.165, 1.54) is 39.2 Å². The number of carbonyl (C=O) groups is 1. The Bertz CT molecular complexity index is 516. The molecule has 0 bridgehead atoms. The highest BCUT2D eigenvalue weighted by Gasteiger charge is 2.23. The molecule has 0 saturated heterocycles. The summed E-state index contributed by atoms with van der Waals surface area (Å²) in [6.07, 6.45) is 7.02. The van der Waals surface area contributed by atoms with Gasteiger partial charge in [0.1, 0.15) is 0 Å². The first-order chi connectivity index (χ1) is 9.54. The molecule has 1 heterocycles. The Kier molecular flexibility index (Phi) is 5.27. The van der Waals surface area contributed by atoms with Crippen molar-refractivity contribution < 1.29 is 9.53 Å². The number of hydrogen-bond donors (Lipinski definition) is 1. The van der Waals surface area contributed by atoms with Crippen LogP contribution in [-0.2, 0) is 11.2 Å². The molecule has 1 fully saturated rings.